The molecular formula is C14H21N3O3. The second kappa shape index (κ2) is 7.49. The second-order valence-corrected chi connectivity index (χ2v) is 4.61. The van der Waals surface area contributed by atoms with E-state index in [2.05, 4.69) is 5.32 Å². The van der Waals surface area contributed by atoms with Crippen molar-refractivity contribution >= 4 is 17.5 Å². The molecule has 0 aliphatic carbocycles. The van der Waals surface area contributed by atoms with Gasteiger partial charge in [-0.05, 0) is 31.2 Å². The number of carbonyl (C=O) groups excluding carboxylic acids is 2. The Kier molecular flexibility index (Phi) is 5.99. The summed E-state index contributed by atoms with van der Waals surface area (Å²) in [5.74, 6) is -0.468. The van der Waals surface area contributed by atoms with Gasteiger partial charge in [0.05, 0.1) is 19.2 Å². The van der Waals surface area contributed by atoms with E-state index in [-0.39, 0.29) is 24.4 Å². The van der Waals surface area contributed by atoms with E-state index in [1.807, 2.05) is 6.92 Å². The molecule has 0 bridgehead atoms. The first-order chi connectivity index (χ1) is 9.45. The number of ether oxygens (including phenoxy) is 1. The van der Waals surface area contributed by atoms with Crippen LogP contribution in [0.5, 0.6) is 0 Å². The highest BCUT2D eigenvalue weighted by molar-refractivity contribution is 5.96. The largest absolute Gasteiger partial charge is 0.399 e. The van der Waals surface area contributed by atoms with Crippen LogP contribution in [0, 0.1) is 0 Å². The topological polar surface area (TPSA) is 84.7 Å². The fourth-order valence-corrected chi connectivity index (χ4v) is 1.62. The van der Waals surface area contributed by atoms with Gasteiger partial charge < -0.3 is 20.7 Å². The Morgan fingerprint density at radius 2 is 1.95 bits per heavy atom. The Labute approximate surface area is 118 Å². The summed E-state index contributed by atoms with van der Waals surface area (Å²) in [6, 6.07) is 6.48. The number of likely N-dealkylation sites (N-methyl/N-ethyl adjacent to an activating group) is 1. The lowest BCUT2D eigenvalue weighted by Gasteiger charge is -2.24. The SMILES string of the molecule is COCC(C)N(C)C(=O)CNC(=O)c1ccc(N)cc1. The molecule has 0 aliphatic rings. The Bertz CT molecular complexity index is 459. The van der Waals surface area contributed by atoms with E-state index in [4.69, 9.17) is 10.5 Å². The lowest BCUT2D eigenvalue weighted by molar-refractivity contribution is -0.131. The predicted octanol–water partition coefficient (Wildman–Crippen LogP) is 0.492. The van der Waals surface area contributed by atoms with Gasteiger partial charge in [0.2, 0.25) is 5.91 Å². The van der Waals surface area contributed by atoms with Crippen molar-refractivity contribution in [1.82, 2.24) is 10.2 Å². The summed E-state index contributed by atoms with van der Waals surface area (Å²) in [5, 5.41) is 2.58. The van der Waals surface area contributed by atoms with Gasteiger partial charge in [0.1, 0.15) is 0 Å². The van der Waals surface area contributed by atoms with Crippen molar-refractivity contribution in [2.75, 3.05) is 33.0 Å². The number of carbonyl (C=O) groups is 2. The number of benzene rings is 1. The van der Waals surface area contributed by atoms with Gasteiger partial charge in [-0.25, -0.2) is 0 Å². The van der Waals surface area contributed by atoms with E-state index in [0.29, 0.717) is 17.9 Å². The third kappa shape index (κ3) is 4.55. The molecule has 1 atom stereocenters. The summed E-state index contributed by atoms with van der Waals surface area (Å²) in [6.45, 7) is 2.28. The summed E-state index contributed by atoms with van der Waals surface area (Å²) in [6.07, 6.45) is 0. The molecule has 20 heavy (non-hydrogen) atoms. The van der Waals surface area contributed by atoms with E-state index in [9.17, 15) is 9.59 Å². The number of hydrogen-bond donors (Lipinski definition) is 2. The van der Waals surface area contributed by atoms with Crippen LogP contribution in [0.1, 0.15) is 17.3 Å². The Morgan fingerprint density at radius 1 is 1.35 bits per heavy atom. The summed E-state index contributed by atoms with van der Waals surface area (Å²) >= 11 is 0. The summed E-state index contributed by atoms with van der Waals surface area (Å²) in [7, 11) is 3.26. The number of nitrogen functional groups attached to an aromatic ring is 1. The minimum absolute atomic E-state index is 0.0408. The molecule has 3 N–H and O–H groups in total. The summed E-state index contributed by atoms with van der Waals surface area (Å²) in [5.41, 5.74) is 6.61. The lowest BCUT2D eigenvalue weighted by Crippen LogP contribution is -2.43. The standard InChI is InChI=1S/C14H21N3O3/c1-10(9-20-3)17(2)13(18)8-16-14(19)11-4-6-12(15)7-5-11/h4-7,10H,8-9,15H2,1-3H3,(H,16,19). The van der Waals surface area contributed by atoms with Crippen LogP contribution in [-0.4, -0.2) is 50.1 Å². The second-order valence-electron chi connectivity index (χ2n) is 4.61. The van der Waals surface area contributed by atoms with Crippen molar-refractivity contribution in [3.05, 3.63) is 29.8 Å². The smallest absolute Gasteiger partial charge is 0.251 e. The minimum Gasteiger partial charge on any atom is -0.399 e. The number of anilines is 1. The van der Waals surface area contributed by atoms with Gasteiger partial charge in [-0.15, -0.1) is 0 Å². The zero-order valence-corrected chi connectivity index (χ0v) is 12.1. The molecule has 0 radical (unpaired) electrons. The Morgan fingerprint density at radius 3 is 2.50 bits per heavy atom. The number of rotatable bonds is 6. The van der Waals surface area contributed by atoms with Crippen LogP contribution >= 0.6 is 0 Å². The third-order valence-electron chi connectivity index (χ3n) is 3.04. The molecule has 6 heteroatoms. The van der Waals surface area contributed by atoms with Crippen molar-refractivity contribution in [2.45, 2.75) is 13.0 Å². The first-order valence-electron chi connectivity index (χ1n) is 6.34. The molecule has 0 fully saturated rings. The maximum Gasteiger partial charge on any atom is 0.251 e. The molecule has 0 saturated heterocycles. The molecule has 1 aromatic rings. The predicted molar refractivity (Wildman–Crippen MR) is 77.3 cm³/mol. The van der Waals surface area contributed by atoms with Crippen molar-refractivity contribution < 1.29 is 14.3 Å². The molecule has 1 aromatic carbocycles. The fraction of sp³-hybridized carbons (Fsp3) is 0.429. The van der Waals surface area contributed by atoms with Crippen molar-refractivity contribution in [1.29, 1.82) is 0 Å². The number of hydrogen-bond acceptors (Lipinski definition) is 4. The molecule has 2 amide bonds. The number of nitrogens with zero attached hydrogens (tertiary/aromatic N) is 1. The Hall–Kier alpha value is -2.08. The fourth-order valence-electron chi connectivity index (χ4n) is 1.62. The molecule has 0 saturated carbocycles. The van der Waals surface area contributed by atoms with Gasteiger partial charge in [-0.2, -0.15) is 0 Å². The molecule has 6 nitrogen and oxygen atoms in total. The van der Waals surface area contributed by atoms with Crippen LogP contribution in [0.3, 0.4) is 0 Å². The lowest BCUT2D eigenvalue weighted by atomic mass is 10.2. The highest BCUT2D eigenvalue weighted by Crippen LogP contribution is 2.05. The number of methoxy groups -OCH3 is 1. The van der Waals surface area contributed by atoms with Crippen LogP contribution in [0.2, 0.25) is 0 Å². The molecule has 110 valence electrons. The number of nitrogens with one attached hydrogen (secondary N) is 1. The normalized spacial score (nSPS) is 11.8. The van der Waals surface area contributed by atoms with E-state index in [1.54, 1.807) is 43.3 Å². The minimum atomic E-state index is -0.300. The zero-order valence-electron chi connectivity index (χ0n) is 12.1. The van der Waals surface area contributed by atoms with Gasteiger partial charge in [-0.1, -0.05) is 0 Å². The number of nitrogens with two attached hydrogens (primary N) is 1. The molecule has 0 aromatic heterocycles. The van der Waals surface area contributed by atoms with Gasteiger partial charge in [-0.3, -0.25) is 9.59 Å². The van der Waals surface area contributed by atoms with Crippen LogP contribution in [0.25, 0.3) is 0 Å². The quantitative estimate of drug-likeness (QED) is 0.742. The van der Waals surface area contributed by atoms with E-state index in [1.165, 1.54) is 0 Å². The monoisotopic (exact) mass is 279 g/mol. The first-order valence-corrected chi connectivity index (χ1v) is 6.34. The Balaban J connectivity index is 2.48. The molecular weight excluding hydrogens is 258 g/mol. The average Bonchev–Trinajstić information content (AvgIpc) is 2.44. The summed E-state index contributed by atoms with van der Waals surface area (Å²) in [4.78, 5) is 25.3. The van der Waals surface area contributed by atoms with E-state index < -0.39 is 0 Å². The van der Waals surface area contributed by atoms with Crippen LogP contribution < -0.4 is 11.1 Å². The highest BCUT2D eigenvalue weighted by atomic mass is 16.5. The van der Waals surface area contributed by atoms with E-state index in [0.717, 1.165) is 0 Å². The summed E-state index contributed by atoms with van der Waals surface area (Å²) < 4.78 is 4.99. The van der Waals surface area contributed by atoms with Crippen LogP contribution in [0.4, 0.5) is 5.69 Å². The van der Waals surface area contributed by atoms with Gasteiger partial charge in [0.25, 0.3) is 5.91 Å². The van der Waals surface area contributed by atoms with Crippen LogP contribution in [0.15, 0.2) is 24.3 Å². The third-order valence-corrected chi connectivity index (χ3v) is 3.04. The van der Waals surface area contributed by atoms with Crippen molar-refractivity contribution in [2.24, 2.45) is 0 Å². The molecule has 1 rings (SSSR count). The van der Waals surface area contributed by atoms with Crippen LogP contribution in [-0.2, 0) is 9.53 Å². The zero-order chi connectivity index (χ0) is 15.1. The van der Waals surface area contributed by atoms with E-state index >= 15 is 0 Å². The molecule has 1 unspecified atom stereocenters. The van der Waals surface area contributed by atoms with Gasteiger partial charge in [0, 0.05) is 25.4 Å². The average molecular weight is 279 g/mol. The van der Waals surface area contributed by atoms with Crippen molar-refractivity contribution in [3.8, 4) is 0 Å². The molecule has 0 spiro atoms. The maximum absolute atomic E-state index is 11.9. The maximum atomic E-state index is 11.9. The molecule has 0 heterocycles. The number of amides is 2. The van der Waals surface area contributed by atoms with Gasteiger partial charge in [0.15, 0.2) is 0 Å². The first kappa shape index (κ1) is 16.0. The molecule has 0 aliphatic heterocycles. The van der Waals surface area contributed by atoms with Crippen molar-refractivity contribution in [3.63, 3.8) is 0 Å². The van der Waals surface area contributed by atoms with Gasteiger partial charge >= 0.3 is 0 Å². The highest BCUT2D eigenvalue weighted by Gasteiger charge is 2.16.